The smallest absolute Gasteiger partial charge is 0.258 e. The van der Waals surface area contributed by atoms with Crippen molar-refractivity contribution in [2.75, 3.05) is 7.11 Å². The molecule has 150 valence electrons. The molecule has 29 heavy (non-hydrogen) atoms. The Morgan fingerprint density at radius 2 is 2.00 bits per heavy atom. The fraction of sp³-hybridized carbons (Fsp3) is 0.300. The highest BCUT2D eigenvalue weighted by Crippen LogP contribution is 2.28. The van der Waals surface area contributed by atoms with Gasteiger partial charge in [0.1, 0.15) is 5.75 Å². The summed E-state index contributed by atoms with van der Waals surface area (Å²) in [5.41, 5.74) is 1.97. The van der Waals surface area contributed by atoms with Crippen LogP contribution in [0.4, 0.5) is 0 Å². The van der Waals surface area contributed by atoms with Crippen LogP contribution in [0.5, 0.6) is 5.75 Å². The number of ether oxygens (including phenoxy) is 1. The Morgan fingerprint density at radius 3 is 2.72 bits per heavy atom. The molecule has 1 aromatic carbocycles. The molecule has 0 amide bonds. The van der Waals surface area contributed by atoms with Crippen LogP contribution in [0.25, 0.3) is 22.8 Å². The van der Waals surface area contributed by atoms with Gasteiger partial charge in [-0.2, -0.15) is 16.3 Å². The molecule has 0 aliphatic heterocycles. The van der Waals surface area contributed by atoms with E-state index >= 15 is 0 Å². The molecule has 0 radical (unpaired) electrons. The average molecular weight is 428 g/mol. The maximum atomic E-state index is 5.37. The number of nitrogens with zero attached hydrogens (tertiary/aromatic N) is 5. The molecule has 0 aliphatic rings. The summed E-state index contributed by atoms with van der Waals surface area (Å²) in [6, 6.07) is 9.86. The van der Waals surface area contributed by atoms with Crippen molar-refractivity contribution in [3.8, 4) is 28.6 Å². The van der Waals surface area contributed by atoms with Crippen molar-refractivity contribution >= 4 is 23.1 Å². The summed E-state index contributed by atoms with van der Waals surface area (Å²) in [6.45, 7) is 3.04. The van der Waals surface area contributed by atoms with Crippen molar-refractivity contribution in [2.45, 2.75) is 37.2 Å². The van der Waals surface area contributed by atoms with Gasteiger partial charge in [-0.1, -0.05) is 30.3 Å². The fourth-order valence-electron chi connectivity index (χ4n) is 2.81. The van der Waals surface area contributed by atoms with Gasteiger partial charge < -0.3 is 13.8 Å². The first kappa shape index (κ1) is 19.7. The van der Waals surface area contributed by atoms with Crippen molar-refractivity contribution in [1.82, 2.24) is 24.9 Å². The van der Waals surface area contributed by atoms with E-state index in [4.69, 9.17) is 9.26 Å². The first-order chi connectivity index (χ1) is 14.3. The minimum absolute atomic E-state index is 0.549. The van der Waals surface area contributed by atoms with Gasteiger partial charge in [-0.3, -0.25) is 0 Å². The van der Waals surface area contributed by atoms with E-state index in [0.717, 1.165) is 47.2 Å². The highest BCUT2D eigenvalue weighted by atomic mass is 32.2. The lowest BCUT2D eigenvalue weighted by Crippen LogP contribution is -2.03. The van der Waals surface area contributed by atoms with Crippen molar-refractivity contribution < 1.29 is 9.26 Å². The quantitative estimate of drug-likeness (QED) is 0.341. The second-order valence-electron chi connectivity index (χ2n) is 6.36. The normalized spacial score (nSPS) is 11.1. The molecule has 0 saturated carbocycles. The molecule has 7 nitrogen and oxygen atoms in total. The number of methoxy groups -OCH3 is 1. The Balaban J connectivity index is 1.52. The summed E-state index contributed by atoms with van der Waals surface area (Å²) < 4.78 is 12.8. The molecule has 0 bridgehead atoms. The molecule has 0 spiro atoms. The lowest BCUT2D eigenvalue weighted by atomic mass is 10.2. The monoisotopic (exact) mass is 427 g/mol. The molecule has 0 atom stereocenters. The predicted octanol–water partition coefficient (Wildman–Crippen LogP) is 5.16. The number of thioether (sulfide) groups is 1. The molecule has 0 N–H and O–H groups in total. The molecule has 4 aromatic rings. The standard InChI is InChI=1S/C20H21N5O2S2/c1-3-4-10-25-18(14-5-7-16(26-2)8-6-14)22-23-20(25)29-13-17-21-19(27-24-17)15-9-11-28-12-15/h5-9,11-12H,3-4,10,13H2,1-2H3. The van der Waals surface area contributed by atoms with Gasteiger partial charge in [0.05, 0.1) is 18.4 Å². The summed E-state index contributed by atoms with van der Waals surface area (Å²) in [7, 11) is 1.66. The number of aromatic nitrogens is 5. The van der Waals surface area contributed by atoms with Gasteiger partial charge in [-0.25, -0.2) is 0 Å². The Labute approximate surface area is 177 Å². The van der Waals surface area contributed by atoms with E-state index in [-0.39, 0.29) is 0 Å². The maximum Gasteiger partial charge on any atom is 0.258 e. The lowest BCUT2D eigenvalue weighted by Gasteiger charge is -2.09. The van der Waals surface area contributed by atoms with E-state index in [9.17, 15) is 0 Å². The minimum atomic E-state index is 0.549. The number of benzene rings is 1. The third kappa shape index (κ3) is 4.51. The van der Waals surface area contributed by atoms with E-state index in [0.29, 0.717) is 17.5 Å². The van der Waals surface area contributed by atoms with Crippen molar-refractivity contribution in [2.24, 2.45) is 0 Å². The van der Waals surface area contributed by atoms with Crippen LogP contribution < -0.4 is 4.74 Å². The van der Waals surface area contributed by atoms with Crippen LogP contribution in [0.15, 0.2) is 50.8 Å². The summed E-state index contributed by atoms with van der Waals surface area (Å²) in [5.74, 6) is 3.44. The van der Waals surface area contributed by atoms with Crippen molar-refractivity contribution in [3.63, 3.8) is 0 Å². The van der Waals surface area contributed by atoms with Gasteiger partial charge in [0, 0.05) is 17.5 Å². The Kier molecular flexibility index (Phi) is 6.26. The van der Waals surface area contributed by atoms with Crippen LogP contribution in [0.1, 0.15) is 25.6 Å². The SMILES string of the molecule is CCCCn1c(SCc2noc(-c3ccsc3)n2)nnc1-c1ccc(OC)cc1. The van der Waals surface area contributed by atoms with E-state index in [2.05, 4.69) is 31.8 Å². The predicted molar refractivity (Wildman–Crippen MR) is 114 cm³/mol. The number of thiophene rings is 1. The van der Waals surface area contributed by atoms with Gasteiger partial charge in [0.25, 0.3) is 5.89 Å². The second kappa shape index (κ2) is 9.23. The Bertz CT molecular complexity index is 1040. The number of unbranched alkanes of at least 4 members (excludes halogenated alkanes) is 1. The van der Waals surface area contributed by atoms with E-state index < -0.39 is 0 Å². The lowest BCUT2D eigenvalue weighted by molar-refractivity contribution is 0.415. The third-order valence-electron chi connectivity index (χ3n) is 4.37. The largest absolute Gasteiger partial charge is 0.497 e. The molecule has 4 rings (SSSR count). The highest BCUT2D eigenvalue weighted by Gasteiger charge is 2.16. The van der Waals surface area contributed by atoms with Crippen LogP contribution >= 0.6 is 23.1 Å². The topological polar surface area (TPSA) is 78.9 Å². The molecular formula is C20H21N5O2S2. The number of hydrogen-bond acceptors (Lipinski definition) is 8. The van der Waals surface area contributed by atoms with Crippen LogP contribution in [-0.4, -0.2) is 32.0 Å². The van der Waals surface area contributed by atoms with E-state index in [1.807, 2.05) is 41.1 Å². The van der Waals surface area contributed by atoms with Crippen molar-refractivity contribution in [3.05, 3.63) is 46.9 Å². The van der Waals surface area contributed by atoms with Crippen LogP contribution in [0, 0.1) is 0 Å². The average Bonchev–Trinajstić information content (AvgIpc) is 3.51. The van der Waals surface area contributed by atoms with Gasteiger partial charge in [0.2, 0.25) is 0 Å². The molecule has 0 aliphatic carbocycles. The zero-order valence-electron chi connectivity index (χ0n) is 16.2. The van der Waals surface area contributed by atoms with Crippen LogP contribution in [0.2, 0.25) is 0 Å². The summed E-state index contributed by atoms with van der Waals surface area (Å²) >= 11 is 3.17. The van der Waals surface area contributed by atoms with Crippen molar-refractivity contribution in [1.29, 1.82) is 0 Å². The zero-order valence-corrected chi connectivity index (χ0v) is 17.9. The maximum absolute atomic E-state index is 5.37. The minimum Gasteiger partial charge on any atom is -0.497 e. The Hall–Kier alpha value is -2.65. The molecule has 9 heteroatoms. The van der Waals surface area contributed by atoms with Gasteiger partial charge in [0.15, 0.2) is 16.8 Å². The first-order valence-corrected chi connectivity index (χ1v) is 11.3. The van der Waals surface area contributed by atoms with Crippen LogP contribution in [-0.2, 0) is 12.3 Å². The molecule has 3 aromatic heterocycles. The van der Waals surface area contributed by atoms with Gasteiger partial charge in [-0.15, -0.1) is 10.2 Å². The summed E-state index contributed by atoms with van der Waals surface area (Å²) in [5, 5.41) is 17.8. The first-order valence-electron chi connectivity index (χ1n) is 9.34. The molecule has 3 heterocycles. The second-order valence-corrected chi connectivity index (χ2v) is 8.08. The highest BCUT2D eigenvalue weighted by molar-refractivity contribution is 7.98. The summed E-state index contributed by atoms with van der Waals surface area (Å²) in [4.78, 5) is 4.48. The number of hydrogen-bond donors (Lipinski definition) is 0. The Morgan fingerprint density at radius 1 is 1.14 bits per heavy atom. The van der Waals surface area contributed by atoms with E-state index in [1.165, 1.54) is 0 Å². The molecule has 0 unspecified atom stereocenters. The zero-order chi connectivity index (χ0) is 20.1. The van der Waals surface area contributed by atoms with Crippen LogP contribution in [0.3, 0.4) is 0 Å². The van der Waals surface area contributed by atoms with Gasteiger partial charge >= 0.3 is 0 Å². The third-order valence-corrected chi connectivity index (χ3v) is 6.01. The fourth-order valence-corrected chi connectivity index (χ4v) is 4.25. The molecular weight excluding hydrogens is 406 g/mol. The van der Waals surface area contributed by atoms with Gasteiger partial charge in [-0.05, 0) is 42.1 Å². The summed E-state index contributed by atoms with van der Waals surface area (Å²) in [6.07, 6.45) is 2.15. The number of rotatable bonds is 9. The molecule has 0 saturated heterocycles. The molecule has 0 fully saturated rings. The van der Waals surface area contributed by atoms with E-state index in [1.54, 1.807) is 30.2 Å².